The van der Waals surface area contributed by atoms with Crippen LogP contribution in [-0.2, 0) is 0 Å². The minimum atomic E-state index is -0.00973. The Morgan fingerprint density at radius 3 is 2.82 bits per heavy atom. The highest BCUT2D eigenvalue weighted by Gasteiger charge is 2.12. The Bertz CT molecular complexity index is 838. The third-order valence-corrected chi connectivity index (χ3v) is 4.64. The van der Waals surface area contributed by atoms with E-state index in [-0.39, 0.29) is 5.91 Å². The number of likely N-dealkylation sites (N-methyl/N-ethyl adjacent to an activating group) is 1. The van der Waals surface area contributed by atoms with Crippen molar-refractivity contribution in [2.45, 2.75) is 6.92 Å². The summed E-state index contributed by atoms with van der Waals surface area (Å²) in [4.78, 5) is 19.9. The van der Waals surface area contributed by atoms with Crippen LogP contribution in [0.15, 0.2) is 30.3 Å². The van der Waals surface area contributed by atoms with Gasteiger partial charge in [0.1, 0.15) is 4.83 Å². The van der Waals surface area contributed by atoms with Gasteiger partial charge in [0.2, 0.25) is 0 Å². The summed E-state index contributed by atoms with van der Waals surface area (Å²) in [7, 11) is 4.14. The first-order valence-corrected chi connectivity index (χ1v) is 8.23. The zero-order valence-electron chi connectivity index (χ0n) is 13.1. The zero-order chi connectivity index (χ0) is 15.7. The molecule has 22 heavy (non-hydrogen) atoms. The van der Waals surface area contributed by atoms with Crippen LogP contribution >= 0.6 is 11.3 Å². The van der Waals surface area contributed by atoms with E-state index in [0.717, 1.165) is 32.5 Å². The summed E-state index contributed by atoms with van der Waals surface area (Å²) in [5, 5.41) is 5.11. The molecular weight excluding hydrogens is 294 g/mol. The van der Waals surface area contributed by atoms with Gasteiger partial charge >= 0.3 is 0 Å². The van der Waals surface area contributed by atoms with Gasteiger partial charge in [-0.05, 0) is 30.7 Å². The lowest BCUT2D eigenvalue weighted by molar-refractivity contribution is -0.856. The minimum absolute atomic E-state index is 0.00973. The SMILES string of the molecule is Cc1ccc2cc3cc(C(=O)NCC[NH+](C)C)sc3nc2c1. The van der Waals surface area contributed by atoms with Gasteiger partial charge in [0.15, 0.2) is 0 Å². The first-order chi connectivity index (χ1) is 10.5. The van der Waals surface area contributed by atoms with E-state index in [2.05, 4.69) is 55.6 Å². The van der Waals surface area contributed by atoms with Gasteiger partial charge in [-0.1, -0.05) is 12.1 Å². The smallest absolute Gasteiger partial charge is 0.261 e. The number of carbonyl (C=O) groups excluding carboxylic acids is 1. The maximum absolute atomic E-state index is 12.2. The molecule has 2 aromatic heterocycles. The minimum Gasteiger partial charge on any atom is -0.346 e. The molecule has 0 radical (unpaired) electrons. The molecule has 1 aromatic carbocycles. The van der Waals surface area contributed by atoms with Crippen molar-refractivity contribution < 1.29 is 9.69 Å². The second-order valence-electron chi connectivity index (χ2n) is 5.90. The molecule has 0 atom stereocenters. The monoisotopic (exact) mass is 314 g/mol. The average Bonchev–Trinajstić information content (AvgIpc) is 2.87. The number of aryl methyl sites for hydroxylation is 1. The van der Waals surface area contributed by atoms with Crippen molar-refractivity contribution in [3.8, 4) is 0 Å². The van der Waals surface area contributed by atoms with Gasteiger partial charge < -0.3 is 10.2 Å². The molecular formula is C17H20N3OS+. The van der Waals surface area contributed by atoms with Crippen LogP contribution in [0.4, 0.5) is 0 Å². The molecule has 0 saturated heterocycles. The van der Waals surface area contributed by atoms with Gasteiger partial charge in [0.25, 0.3) is 5.91 Å². The molecule has 0 fully saturated rings. The predicted molar refractivity (Wildman–Crippen MR) is 91.9 cm³/mol. The fraction of sp³-hybridized carbons (Fsp3) is 0.294. The highest BCUT2D eigenvalue weighted by atomic mass is 32.1. The number of fused-ring (bicyclic) bond motifs is 2. The molecule has 0 bridgehead atoms. The third-order valence-electron chi connectivity index (χ3n) is 3.59. The van der Waals surface area contributed by atoms with E-state index in [1.165, 1.54) is 21.8 Å². The number of hydrogen-bond acceptors (Lipinski definition) is 3. The second kappa shape index (κ2) is 6.02. The van der Waals surface area contributed by atoms with Crippen LogP contribution in [0.2, 0.25) is 0 Å². The van der Waals surface area contributed by atoms with Crippen molar-refractivity contribution in [1.29, 1.82) is 0 Å². The molecule has 3 rings (SSSR count). The first-order valence-electron chi connectivity index (χ1n) is 7.41. The summed E-state index contributed by atoms with van der Waals surface area (Å²) in [5.41, 5.74) is 2.18. The molecule has 0 unspecified atom stereocenters. The lowest BCUT2D eigenvalue weighted by Crippen LogP contribution is -3.06. The van der Waals surface area contributed by atoms with Crippen molar-refractivity contribution in [3.63, 3.8) is 0 Å². The summed E-state index contributed by atoms with van der Waals surface area (Å²) in [6.07, 6.45) is 0. The molecule has 3 aromatic rings. The summed E-state index contributed by atoms with van der Waals surface area (Å²) < 4.78 is 0. The van der Waals surface area contributed by atoms with E-state index in [1.807, 2.05) is 6.07 Å². The summed E-state index contributed by atoms with van der Waals surface area (Å²) in [6.45, 7) is 3.66. The number of rotatable bonds is 4. The van der Waals surface area contributed by atoms with Gasteiger partial charge in [-0.25, -0.2) is 4.98 Å². The molecule has 0 aliphatic heterocycles. The van der Waals surface area contributed by atoms with Gasteiger partial charge in [-0.2, -0.15) is 0 Å². The maximum atomic E-state index is 12.2. The average molecular weight is 314 g/mol. The lowest BCUT2D eigenvalue weighted by atomic mass is 10.1. The zero-order valence-corrected chi connectivity index (χ0v) is 13.9. The molecule has 0 aliphatic carbocycles. The van der Waals surface area contributed by atoms with E-state index in [9.17, 15) is 4.79 Å². The number of quaternary nitrogens is 1. The largest absolute Gasteiger partial charge is 0.346 e. The van der Waals surface area contributed by atoms with Crippen molar-refractivity contribution in [3.05, 3.63) is 40.8 Å². The highest BCUT2D eigenvalue weighted by Crippen LogP contribution is 2.27. The standard InChI is InChI=1S/C17H19N3OS/c1-11-4-5-12-9-13-10-15(16(21)18-6-7-20(2)3)22-17(13)19-14(12)8-11/h4-5,8-10H,6-7H2,1-3H3,(H,18,21)/p+1. The molecule has 0 aliphatic rings. The summed E-state index contributed by atoms with van der Waals surface area (Å²) in [5.74, 6) is -0.00973. The van der Waals surface area contributed by atoms with Crippen LogP contribution in [0.25, 0.3) is 21.1 Å². The topological polar surface area (TPSA) is 46.4 Å². The summed E-state index contributed by atoms with van der Waals surface area (Å²) >= 11 is 1.45. The Labute approximate surface area is 133 Å². The normalized spacial score (nSPS) is 11.5. The van der Waals surface area contributed by atoms with E-state index in [0.29, 0.717) is 6.54 Å². The van der Waals surface area contributed by atoms with Crippen LogP contribution in [0.5, 0.6) is 0 Å². The Kier molecular flexibility index (Phi) is 4.09. The van der Waals surface area contributed by atoms with Gasteiger partial charge in [0, 0.05) is 10.8 Å². The van der Waals surface area contributed by atoms with E-state index in [4.69, 9.17) is 0 Å². The number of benzene rings is 1. The molecule has 0 spiro atoms. The van der Waals surface area contributed by atoms with Crippen LogP contribution in [0.1, 0.15) is 15.2 Å². The second-order valence-corrected chi connectivity index (χ2v) is 6.93. The number of carbonyl (C=O) groups is 1. The quantitative estimate of drug-likeness (QED) is 0.769. The molecule has 4 nitrogen and oxygen atoms in total. The third kappa shape index (κ3) is 3.10. The fourth-order valence-corrected chi connectivity index (χ4v) is 3.30. The number of amides is 1. The highest BCUT2D eigenvalue weighted by molar-refractivity contribution is 7.20. The molecule has 114 valence electrons. The maximum Gasteiger partial charge on any atom is 0.261 e. The Balaban J connectivity index is 1.88. The van der Waals surface area contributed by atoms with Crippen molar-refractivity contribution in [2.24, 2.45) is 0 Å². The number of thiophene rings is 1. The molecule has 2 heterocycles. The molecule has 2 N–H and O–H groups in total. The first kappa shape index (κ1) is 14.9. The molecule has 0 saturated carbocycles. The van der Waals surface area contributed by atoms with Gasteiger partial charge in [-0.3, -0.25) is 4.79 Å². The lowest BCUT2D eigenvalue weighted by Gasteiger charge is -2.07. The molecule has 5 heteroatoms. The number of hydrogen-bond donors (Lipinski definition) is 2. The molecule has 1 amide bonds. The Morgan fingerprint density at radius 1 is 1.23 bits per heavy atom. The number of aromatic nitrogens is 1. The predicted octanol–water partition coefficient (Wildman–Crippen LogP) is 1.63. The van der Waals surface area contributed by atoms with Crippen molar-refractivity contribution in [1.82, 2.24) is 10.3 Å². The van der Waals surface area contributed by atoms with Gasteiger partial charge in [0.05, 0.1) is 37.6 Å². The van der Waals surface area contributed by atoms with Gasteiger partial charge in [-0.15, -0.1) is 11.3 Å². The number of nitrogens with zero attached hydrogens (tertiary/aromatic N) is 1. The van der Waals surface area contributed by atoms with Crippen molar-refractivity contribution in [2.75, 3.05) is 27.2 Å². The van der Waals surface area contributed by atoms with Crippen LogP contribution in [0, 0.1) is 6.92 Å². The Hall–Kier alpha value is -1.98. The summed E-state index contributed by atoms with van der Waals surface area (Å²) in [6, 6.07) is 10.3. The van der Waals surface area contributed by atoms with Crippen LogP contribution < -0.4 is 10.2 Å². The van der Waals surface area contributed by atoms with Crippen LogP contribution in [-0.4, -0.2) is 38.1 Å². The fourth-order valence-electron chi connectivity index (χ4n) is 2.36. The van der Waals surface area contributed by atoms with E-state index >= 15 is 0 Å². The number of nitrogens with one attached hydrogen (secondary N) is 2. The van der Waals surface area contributed by atoms with Crippen molar-refractivity contribution >= 4 is 38.4 Å². The van der Waals surface area contributed by atoms with E-state index in [1.54, 1.807) is 0 Å². The Morgan fingerprint density at radius 2 is 2.05 bits per heavy atom. The van der Waals surface area contributed by atoms with E-state index < -0.39 is 0 Å². The van der Waals surface area contributed by atoms with Crippen LogP contribution in [0.3, 0.4) is 0 Å². The number of pyridine rings is 1.